The number of amides is 1. The second-order valence-corrected chi connectivity index (χ2v) is 6.16. The van der Waals surface area contributed by atoms with Crippen molar-refractivity contribution in [3.8, 4) is 0 Å². The normalized spacial score (nSPS) is 16.0. The molecule has 1 aliphatic rings. The highest BCUT2D eigenvalue weighted by Crippen LogP contribution is 2.29. The maximum Gasteiger partial charge on any atom is 0.295 e. The zero-order valence-corrected chi connectivity index (χ0v) is 14.0. The Balaban J connectivity index is 1.93. The maximum absolute atomic E-state index is 13.2. The van der Waals surface area contributed by atoms with Crippen LogP contribution in [-0.2, 0) is 4.79 Å². The smallest absolute Gasteiger partial charge is 0.295 e. The molecule has 1 amide bonds. The summed E-state index contributed by atoms with van der Waals surface area (Å²) in [6, 6.07) is 3.65. The van der Waals surface area contributed by atoms with E-state index in [4.69, 9.17) is 0 Å². The first-order valence-electron chi connectivity index (χ1n) is 7.98. The number of benzene rings is 1. The van der Waals surface area contributed by atoms with Crippen molar-refractivity contribution in [2.24, 2.45) is 5.92 Å². The van der Waals surface area contributed by atoms with Gasteiger partial charge in [0.15, 0.2) is 0 Å². The summed E-state index contributed by atoms with van der Waals surface area (Å²) < 4.78 is 13.2. The number of likely N-dealkylation sites (tertiary alicyclic amines) is 1. The highest BCUT2D eigenvalue weighted by atomic mass is 19.1. The van der Waals surface area contributed by atoms with Crippen LogP contribution in [0.25, 0.3) is 0 Å². The number of hydrogen-bond acceptors (Lipinski definition) is 5. The van der Waals surface area contributed by atoms with E-state index in [-0.39, 0.29) is 11.6 Å². The molecule has 2 rings (SSSR count). The topological polar surface area (TPSA) is 78.7 Å². The average Bonchev–Trinajstić information content (AvgIpc) is 2.56. The summed E-state index contributed by atoms with van der Waals surface area (Å²) in [5.41, 5.74) is 0.212. The minimum Gasteiger partial charge on any atom is -0.369 e. The summed E-state index contributed by atoms with van der Waals surface area (Å²) in [5, 5.41) is 13.7. The summed E-state index contributed by atoms with van der Waals surface area (Å²) in [4.78, 5) is 25.9. The molecule has 1 aromatic rings. The third kappa shape index (κ3) is 4.64. The van der Waals surface area contributed by atoms with Gasteiger partial charge in [0.2, 0.25) is 5.91 Å². The number of nitrogens with zero attached hydrogens (tertiary/aromatic N) is 3. The van der Waals surface area contributed by atoms with Crippen molar-refractivity contribution in [3.05, 3.63) is 34.1 Å². The van der Waals surface area contributed by atoms with Gasteiger partial charge < -0.3 is 10.2 Å². The molecular formula is C16H23FN4O3. The lowest BCUT2D eigenvalue weighted by molar-refractivity contribution is -0.384. The molecule has 0 unspecified atom stereocenters. The van der Waals surface area contributed by atoms with Crippen LogP contribution in [-0.4, -0.2) is 56.0 Å². The number of anilines is 1. The molecule has 0 spiro atoms. The third-order valence-electron chi connectivity index (χ3n) is 4.43. The van der Waals surface area contributed by atoms with E-state index in [1.807, 2.05) is 4.90 Å². The molecule has 8 heteroatoms. The van der Waals surface area contributed by atoms with Gasteiger partial charge in [-0.2, -0.15) is 0 Å². The number of nitrogens with one attached hydrogen (secondary N) is 1. The molecule has 1 fully saturated rings. The zero-order chi connectivity index (χ0) is 17.7. The molecular weight excluding hydrogens is 315 g/mol. The van der Waals surface area contributed by atoms with Crippen LogP contribution < -0.4 is 10.2 Å². The first-order chi connectivity index (χ1) is 11.4. The summed E-state index contributed by atoms with van der Waals surface area (Å²) in [5.74, 6) is -0.213. The Morgan fingerprint density at radius 1 is 1.46 bits per heavy atom. The number of carbonyl (C=O) groups excluding carboxylic acids is 1. The van der Waals surface area contributed by atoms with E-state index in [1.165, 1.54) is 12.1 Å². The van der Waals surface area contributed by atoms with Crippen LogP contribution in [0.4, 0.5) is 15.8 Å². The highest BCUT2D eigenvalue weighted by molar-refractivity contribution is 5.77. The molecule has 0 saturated carbocycles. The van der Waals surface area contributed by atoms with Gasteiger partial charge in [0, 0.05) is 20.6 Å². The molecule has 0 aliphatic carbocycles. The standard InChI is InChI=1S/C16H23FN4O3/c1-18-16(22)11-20-7-5-12(6-8-20)10-19(2)14-4-3-13(17)9-15(14)21(23)24/h3-4,9,12H,5-8,10-11H2,1-2H3,(H,18,22). The Labute approximate surface area is 140 Å². The molecule has 0 radical (unpaired) electrons. The lowest BCUT2D eigenvalue weighted by atomic mass is 9.96. The van der Waals surface area contributed by atoms with Crippen LogP contribution in [0.15, 0.2) is 18.2 Å². The maximum atomic E-state index is 13.2. The number of carbonyl (C=O) groups is 1. The van der Waals surface area contributed by atoms with Gasteiger partial charge in [0.25, 0.3) is 5.69 Å². The zero-order valence-electron chi connectivity index (χ0n) is 14.0. The van der Waals surface area contributed by atoms with E-state index in [1.54, 1.807) is 14.1 Å². The first-order valence-corrected chi connectivity index (χ1v) is 7.98. The molecule has 0 atom stereocenters. The van der Waals surface area contributed by atoms with Crippen molar-refractivity contribution >= 4 is 17.3 Å². The number of piperidine rings is 1. The summed E-state index contributed by atoms with van der Waals surface area (Å²) >= 11 is 0. The van der Waals surface area contributed by atoms with Crippen LogP contribution in [0, 0.1) is 21.8 Å². The number of nitro benzene ring substituents is 1. The minimum absolute atomic E-state index is 0.00695. The Morgan fingerprint density at radius 3 is 2.71 bits per heavy atom. The second kappa shape index (κ2) is 8.05. The second-order valence-electron chi connectivity index (χ2n) is 6.16. The SMILES string of the molecule is CNC(=O)CN1CCC(CN(C)c2ccc(F)cc2[N+](=O)[O-])CC1. The van der Waals surface area contributed by atoms with Crippen LogP contribution >= 0.6 is 0 Å². The number of likely N-dealkylation sites (N-methyl/N-ethyl adjacent to an activating group) is 1. The number of rotatable bonds is 6. The Kier molecular flexibility index (Phi) is 6.08. The molecule has 1 N–H and O–H groups in total. The number of nitro groups is 1. The Bertz CT molecular complexity index is 603. The molecule has 0 bridgehead atoms. The van der Waals surface area contributed by atoms with Gasteiger partial charge >= 0.3 is 0 Å². The van der Waals surface area contributed by atoms with E-state index < -0.39 is 10.7 Å². The number of hydrogen-bond donors (Lipinski definition) is 1. The van der Waals surface area contributed by atoms with Crippen LogP contribution in [0.2, 0.25) is 0 Å². The number of halogens is 1. The Morgan fingerprint density at radius 2 is 2.12 bits per heavy atom. The predicted molar refractivity (Wildman–Crippen MR) is 89.6 cm³/mol. The molecule has 24 heavy (non-hydrogen) atoms. The molecule has 1 saturated heterocycles. The average molecular weight is 338 g/mol. The highest BCUT2D eigenvalue weighted by Gasteiger charge is 2.24. The molecule has 0 aromatic heterocycles. The molecule has 7 nitrogen and oxygen atoms in total. The molecule has 132 valence electrons. The van der Waals surface area contributed by atoms with Gasteiger partial charge in [-0.15, -0.1) is 0 Å². The van der Waals surface area contributed by atoms with Crippen molar-refractivity contribution in [3.63, 3.8) is 0 Å². The Hall–Kier alpha value is -2.22. The fraction of sp³-hybridized carbons (Fsp3) is 0.562. The van der Waals surface area contributed by atoms with Crippen LogP contribution in [0.5, 0.6) is 0 Å². The van der Waals surface area contributed by atoms with Gasteiger partial charge in [0.05, 0.1) is 17.5 Å². The van der Waals surface area contributed by atoms with Gasteiger partial charge in [-0.1, -0.05) is 0 Å². The lowest BCUT2D eigenvalue weighted by Gasteiger charge is -2.33. The molecule has 1 aliphatic heterocycles. The van der Waals surface area contributed by atoms with Crippen molar-refractivity contribution in [2.75, 3.05) is 45.2 Å². The van der Waals surface area contributed by atoms with Crippen LogP contribution in [0.3, 0.4) is 0 Å². The van der Waals surface area contributed by atoms with E-state index in [0.717, 1.165) is 32.0 Å². The van der Waals surface area contributed by atoms with Crippen molar-refractivity contribution in [2.45, 2.75) is 12.8 Å². The molecule has 1 aromatic carbocycles. The van der Waals surface area contributed by atoms with Crippen LogP contribution in [0.1, 0.15) is 12.8 Å². The van der Waals surface area contributed by atoms with E-state index in [0.29, 0.717) is 24.7 Å². The van der Waals surface area contributed by atoms with Crippen molar-refractivity contribution in [1.82, 2.24) is 10.2 Å². The predicted octanol–water partition coefficient (Wildman–Crippen LogP) is 1.63. The van der Waals surface area contributed by atoms with E-state index >= 15 is 0 Å². The molecule has 1 heterocycles. The van der Waals surface area contributed by atoms with Gasteiger partial charge in [-0.05, 0) is 44.0 Å². The van der Waals surface area contributed by atoms with Gasteiger partial charge in [0.1, 0.15) is 11.5 Å². The van der Waals surface area contributed by atoms with E-state index in [9.17, 15) is 19.3 Å². The minimum atomic E-state index is -0.610. The van der Waals surface area contributed by atoms with Crippen molar-refractivity contribution < 1.29 is 14.1 Å². The van der Waals surface area contributed by atoms with Gasteiger partial charge in [-0.25, -0.2) is 4.39 Å². The first kappa shape index (κ1) is 18.1. The summed E-state index contributed by atoms with van der Waals surface area (Å²) in [6.07, 6.45) is 1.85. The fourth-order valence-corrected chi connectivity index (χ4v) is 3.06. The van der Waals surface area contributed by atoms with E-state index in [2.05, 4.69) is 10.2 Å². The quantitative estimate of drug-likeness (QED) is 0.630. The lowest BCUT2D eigenvalue weighted by Crippen LogP contribution is -2.42. The fourth-order valence-electron chi connectivity index (χ4n) is 3.06. The van der Waals surface area contributed by atoms with Crippen molar-refractivity contribution in [1.29, 1.82) is 0 Å². The third-order valence-corrected chi connectivity index (χ3v) is 4.43. The van der Waals surface area contributed by atoms with Gasteiger partial charge in [-0.3, -0.25) is 19.8 Å². The monoisotopic (exact) mass is 338 g/mol. The summed E-state index contributed by atoms with van der Waals surface area (Å²) in [6.45, 7) is 2.73. The largest absolute Gasteiger partial charge is 0.369 e. The summed E-state index contributed by atoms with van der Waals surface area (Å²) in [7, 11) is 3.41.